The number of carboxylic acids is 1. The summed E-state index contributed by atoms with van der Waals surface area (Å²) in [6, 6.07) is 4.53. The first-order valence-electron chi connectivity index (χ1n) is 6.78. The van der Waals surface area contributed by atoms with E-state index in [2.05, 4.69) is 0 Å². The smallest absolute Gasteiger partial charge is 0.347 e. The largest absolute Gasteiger partial charge is 0.493 e. The fraction of sp³-hybridized carbons (Fsp3) is 0.467. The molecule has 0 aromatic heterocycles. The molecule has 0 spiro atoms. The summed E-state index contributed by atoms with van der Waals surface area (Å²) in [4.78, 5) is 23.2. The molecule has 1 atom stereocenters. The number of ether oxygens (including phenoxy) is 3. The second-order valence-electron chi connectivity index (χ2n) is 4.29. The zero-order valence-corrected chi connectivity index (χ0v) is 12.4. The number of rotatable bonds is 8. The molecule has 1 unspecified atom stereocenters. The van der Waals surface area contributed by atoms with Gasteiger partial charge in [-0.05, 0) is 25.5 Å². The summed E-state index contributed by atoms with van der Waals surface area (Å²) in [6.45, 7) is 3.84. The summed E-state index contributed by atoms with van der Waals surface area (Å²) in [5.41, 5.74) is -0.0558. The minimum absolute atomic E-state index is 0.0407. The van der Waals surface area contributed by atoms with Crippen molar-refractivity contribution in [2.24, 2.45) is 0 Å². The molecule has 0 heterocycles. The van der Waals surface area contributed by atoms with Crippen molar-refractivity contribution < 1.29 is 28.9 Å². The molecule has 1 rings (SSSR count). The molecular weight excluding hydrogens is 276 g/mol. The van der Waals surface area contributed by atoms with Gasteiger partial charge in [0.05, 0.1) is 13.7 Å². The molecule has 0 bridgehead atoms. The van der Waals surface area contributed by atoms with Crippen molar-refractivity contribution >= 4 is 11.9 Å². The lowest BCUT2D eigenvalue weighted by Gasteiger charge is -2.20. The molecule has 0 aliphatic heterocycles. The van der Waals surface area contributed by atoms with Crippen molar-refractivity contribution in [3.8, 4) is 11.5 Å². The summed E-state index contributed by atoms with van der Waals surface area (Å²) in [6.07, 6.45) is 0.265. The maximum Gasteiger partial charge on any atom is 0.347 e. The van der Waals surface area contributed by atoms with Gasteiger partial charge in [-0.25, -0.2) is 9.59 Å². The molecule has 1 aromatic rings. The van der Waals surface area contributed by atoms with Gasteiger partial charge < -0.3 is 19.3 Å². The van der Waals surface area contributed by atoms with Gasteiger partial charge in [0.1, 0.15) is 5.56 Å². The summed E-state index contributed by atoms with van der Waals surface area (Å²) >= 11 is 0. The molecule has 0 radical (unpaired) electrons. The highest BCUT2D eigenvalue weighted by Crippen LogP contribution is 2.32. The van der Waals surface area contributed by atoms with E-state index in [1.807, 2.05) is 6.92 Å². The van der Waals surface area contributed by atoms with E-state index in [0.717, 1.165) is 0 Å². The van der Waals surface area contributed by atoms with Gasteiger partial charge in [0.15, 0.2) is 17.6 Å². The van der Waals surface area contributed by atoms with Gasteiger partial charge in [-0.3, -0.25) is 0 Å². The number of esters is 1. The van der Waals surface area contributed by atoms with Crippen LogP contribution in [0.25, 0.3) is 0 Å². The molecule has 0 fully saturated rings. The molecule has 116 valence electrons. The van der Waals surface area contributed by atoms with Crippen LogP contribution >= 0.6 is 0 Å². The number of carboxylic acid groups (broad SMARTS) is 1. The third-order valence-electron chi connectivity index (χ3n) is 2.79. The summed E-state index contributed by atoms with van der Waals surface area (Å²) in [5, 5.41) is 9.22. The Morgan fingerprint density at radius 3 is 2.52 bits per heavy atom. The van der Waals surface area contributed by atoms with Crippen LogP contribution in [0.3, 0.4) is 0 Å². The number of para-hydroxylation sites is 1. The van der Waals surface area contributed by atoms with Gasteiger partial charge >= 0.3 is 11.9 Å². The SMILES string of the molecule is CCCC(Oc1c(OC)cccc1C(=O)O)C(=O)OCC. The van der Waals surface area contributed by atoms with Crippen LogP contribution in [0.4, 0.5) is 0 Å². The molecule has 0 amide bonds. The van der Waals surface area contributed by atoms with Gasteiger partial charge in [-0.1, -0.05) is 19.4 Å². The van der Waals surface area contributed by atoms with E-state index in [4.69, 9.17) is 14.2 Å². The topological polar surface area (TPSA) is 82.1 Å². The van der Waals surface area contributed by atoms with Crippen molar-refractivity contribution in [1.29, 1.82) is 0 Å². The number of benzene rings is 1. The molecule has 0 saturated carbocycles. The van der Waals surface area contributed by atoms with E-state index in [-0.39, 0.29) is 23.7 Å². The Labute approximate surface area is 123 Å². The highest BCUT2D eigenvalue weighted by Gasteiger charge is 2.25. The van der Waals surface area contributed by atoms with Crippen molar-refractivity contribution in [1.82, 2.24) is 0 Å². The zero-order chi connectivity index (χ0) is 15.8. The molecular formula is C15H20O6. The first-order valence-corrected chi connectivity index (χ1v) is 6.78. The number of methoxy groups -OCH3 is 1. The van der Waals surface area contributed by atoms with Gasteiger partial charge in [-0.15, -0.1) is 0 Å². The first-order chi connectivity index (χ1) is 10.0. The average Bonchev–Trinajstić information content (AvgIpc) is 2.46. The van der Waals surface area contributed by atoms with Crippen LogP contribution in [0.1, 0.15) is 37.0 Å². The average molecular weight is 296 g/mol. The second kappa shape index (κ2) is 8.14. The standard InChI is InChI=1S/C15H20O6/c1-4-7-12(15(18)20-5-2)21-13-10(14(16)17)8-6-9-11(13)19-3/h6,8-9,12H,4-5,7H2,1-3H3,(H,16,17). The third-order valence-corrected chi connectivity index (χ3v) is 2.79. The van der Waals surface area contributed by atoms with E-state index in [1.54, 1.807) is 19.1 Å². The Bertz CT molecular complexity index is 497. The normalized spacial score (nSPS) is 11.6. The number of hydrogen-bond acceptors (Lipinski definition) is 5. The zero-order valence-electron chi connectivity index (χ0n) is 12.4. The summed E-state index contributed by atoms with van der Waals surface area (Å²) < 4.78 is 15.7. The fourth-order valence-electron chi connectivity index (χ4n) is 1.83. The Kier molecular flexibility index (Phi) is 6.52. The van der Waals surface area contributed by atoms with Crippen LogP contribution in [0.5, 0.6) is 11.5 Å². The Morgan fingerprint density at radius 2 is 2.00 bits per heavy atom. The molecule has 0 aliphatic rings. The predicted octanol–water partition coefficient (Wildman–Crippen LogP) is 2.50. The second-order valence-corrected chi connectivity index (χ2v) is 4.29. The maximum absolute atomic E-state index is 11.9. The number of carbonyl (C=O) groups excluding carboxylic acids is 1. The van der Waals surface area contributed by atoms with Crippen molar-refractivity contribution in [2.75, 3.05) is 13.7 Å². The van der Waals surface area contributed by atoms with Crippen LogP contribution in [0.2, 0.25) is 0 Å². The van der Waals surface area contributed by atoms with E-state index < -0.39 is 18.0 Å². The molecule has 6 nitrogen and oxygen atoms in total. The van der Waals surface area contributed by atoms with Crippen LogP contribution < -0.4 is 9.47 Å². The Morgan fingerprint density at radius 1 is 1.29 bits per heavy atom. The third kappa shape index (κ3) is 4.37. The van der Waals surface area contributed by atoms with E-state index >= 15 is 0 Å². The van der Waals surface area contributed by atoms with Crippen molar-refractivity contribution in [3.05, 3.63) is 23.8 Å². The molecule has 1 N–H and O–H groups in total. The lowest BCUT2D eigenvalue weighted by molar-refractivity contribution is -0.151. The highest BCUT2D eigenvalue weighted by molar-refractivity contribution is 5.92. The quantitative estimate of drug-likeness (QED) is 0.742. The van der Waals surface area contributed by atoms with Crippen molar-refractivity contribution in [3.63, 3.8) is 0 Å². The Hall–Kier alpha value is -2.24. The molecule has 1 aromatic carbocycles. The van der Waals surface area contributed by atoms with Crippen LogP contribution in [0, 0.1) is 0 Å². The molecule has 6 heteroatoms. The first kappa shape index (κ1) is 16.8. The monoisotopic (exact) mass is 296 g/mol. The van der Waals surface area contributed by atoms with E-state index in [0.29, 0.717) is 12.8 Å². The van der Waals surface area contributed by atoms with Crippen LogP contribution in [-0.2, 0) is 9.53 Å². The minimum Gasteiger partial charge on any atom is -0.493 e. The molecule has 21 heavy (non-hydrogen) atoms. The van der Waals surface area contributed by atoms with Gasteiger partial charge in [-0.2, -0.15) is 0 Å². The van der Waals surface area contributed by atoms with E-state index in [9.17, 15) is 14.7 Å². The van der Waals surface area contributed by atoms with Crippen molar-refractivity contribution in [2.45, 2.75) is 32.8 Å². The number of aromatic carboxylic acids is 1. The minimum atomic E-state index is -1.15. The van der Waals surface area contributed by atoms with Gasteiger partial charge in [0, 0.05) is 0 Å². The summed E-state index contributed by atoms with van der Waals surface area (Å²) in [5.74, 6) is -1.36. The number of hydrogen-bond donors (Lipinski definition) is 1. The number of carbonyl (C=O) groups is 2. The van der Waals surface area contributed by atoms with Gasteiger partial charge in [0.2, 0.25) is 0 Å². The predicted molar refractivity (Wildman–Crippen MR) is 75.9 cm³/mol. The van der Waals surface area contributed by atoms with Crippen LogP contribution in [-0.4, -0.2) is 36.9 Å². The molecule has 0 aliphatic carbocycles. The lowest BCUT2D eigenvalue weighted by atomic mass is 10.1. The van der Waals surface area contributed by atoms with Gasteiger partial charge in [0.25, 0.3) is 0 Å². The lowest BCUT2D eigenvalue weighted by Crippen LogP contribution is -2.30. The molecule has 0 saturated heterocycles. The van der Waals surface area contributed by atoms with E-state index in [1.165, 1.54) is 13.2 Å². The fourth-order valence-corrected chi connectivity index (χ4v) is 1.83. The van der Waals surface area contributed by atoms with Crippen LogP contribution in [0.15, 0.2) is 18.2 Å². The highest BCUT2D eigenvalue weighted by atomic mass is 16.6. The summed E-state index contributed by atoms with van der Waals surface area (Å²) in [7, 11) is 1.41. The maximum atomic E-state index is 11.9. The Balaban J connectivity index is 3.12.